The Labute approximate surface area is 132 Å². The number of hydrogen-bond acceptors (Lipinski definition) is 4. The average molecular weight is 352 g/mol. The van der Waals surface area contributed by atoms with Gasteiger partial charge in [0, 0.05) is 25.1 Å². The van der Waals surface area contributed by atoms with Gasteiger partial charge in [-0.3, -0.25) is 0 Å². The molecule has 3 rings (SSSR count). The third-order valence-electron chi connectivity index (χ3n) is 3.42. The van der Waals surface area contributed by atoms with Crippen molar-refractivity contribution >= 4 is 33.1 Å². The van der Waals surface area contributed by atoms with E-state index >= 15 is 0 Å². The van der Waals surface area contributed by atoms with Gasteiger partial charge in [-0.15, -0.1) is 0 Å². The summed E-state index contributed by atoms with van der Waals surface area (Å²) in [5.74, 6) is 2.00. The van der Waals surface area contributed by atoms with E-state index in [1.165, 1.54) is 18.4 Å². The van der Waals surface area contributed by atoms with Crippen molar-refractivity contribution in [3.8, 4) is 0 Å². The van der Waals surface area contributed by atoms with Crippen LogP contribution in [-0.2, 0) is 13.0 Å². The van der Waals surface area contributed by atoms with E-state index < -0.39 is 0 Å². The molecule has 0 atom stereocenters. The Bertz CT molecular complexity index is 567. The molecule has 0 unspecified atom stereocenters. The van der Waals surface area contributed by atoms with Gasteiger partial charge in [0.2, 0.25) is 0 Å². The molecular formula is C15H18BrN3S. The monoisotopic (exact) mass is 351 g/mol. The van der Waals surface area contributed by atoms with E-state index in [-0.39, 0.29) is 0 Å². The van der Waals surface area contributed by atoms with Gasteiger partial charge < -0.3 is 4.90 Å². The third-order valence-corrected chi connectivity index (χ3v) is 4.55. The molecule has 0 aromatic carbocycles. The largest absolute Gasteiger partial charge is 0.349 e. The lowest BCUT2D eigenvalue weighted by molar-refractivity contribution is 0.754. The number of thiophene rings is 1. The molecule has 2 heterocycles. The number of nitrogens with zero attached hydrogens (tertiary/aromatic N) is 3. The van der Waals surface area contributed by atoms with Crippen LogP contribution in [-0.4, -0.2) is 16.0 Å². The van der Waals surface area contributed by atoms with Gasteiger partial charge in [0.25, 0.3) is 0 Å². The summed E-state index contributed by atoms with van der Waals surface area (Å²) < 4.78 is 0.891. The topological polar surface area (TPSA) is 29.0 Å². The van der Waals surface area contributed by atoms with Gasteiger partial charge in [-0.1, -0.05) is 6.92 Å². The summed E-state index contributed by atoms with van der Waals surface area (Å²) in [6.45, 7) is 3.11. The van der Waals surface area contributed by atoms with Gasteiger partial charge in [0.05, 0.1) is 0 Å². The van der Waals surface area contributed by atoms with Crippen molar-refractivity contribution in [1.29, 1.82) is 0 Å². The molecule has 0 amide bonds. The van der Waals surface area contributed by atoms with E-state index in [1.807, 2.05) is 6.07 Å². The van der Waals surface area contributed by atoms with Gasteiger partial charge >= 0.3 is 0 Å². The summed E-state index contributed by atoms with van der Waals surface area (Å²) in [4.78, 5) is 11.6. The van der Waals surface area contributed by atoms with Gasteiger partial charge in [-0.2, -0.15) is 11.3 Å². The minimum atomic E-state index is 0.645. The molecule has 1 aliphatic carbocycles. The summed E-state index contributed by atoms with van der Waals surface area (Å²) in [5, 5.41) is 4.36. The SMILES string of the molecule is CCCc1nc(Br)cc(N(Cc2ccsc2)C2CC2)n1. The van der Waals surface area contributed by atoms with Gasteiger partial charge in [-0.05, 0) is 57.6 Å². The molecule has 2 aromatic rings. The number of aryl methyl sites for hydroxylation is 1. The van der Waals surface area contributed by atoms with Crippen molar-refractivity contribution in [2.75, 3.05) is 4.90 Å². The number of hydrogen-bond donors (Lipinski definition) is 0. The van der Waals surface area contributed by atoms with Crippen LogP contribution in [0, 0.1) is 0 Å². The highest BCUT2D eigenvalue weighted by atomic mass is 79.9. The molecule has 0 spiro atoms. The van der Waals surface area contributed by atoms with E-state index in [0.29, 0.717) is 6.04 Å². The van der Waals surface area contributed by atoms with Crippen LogP contribution in [0.4, 0.5) is 5.82 Å². The van der Waals surface area contributed by atoms with Crippen LogP contribution in [0.5, 0.6) is 0 Å². The number of anilines is 1. The van der Waals surface area contributed by atoms with Crippen LogP contribution >= 0.6 is 27.3 Å². The second-order valence-electron chi connectivity index (χ2n) is 5.21. The van der Waals surface area contributed by atoms with E-state index in [4.69, 9.17) is 4.98 Å². The molecule has 5 heteroatoms. The maximum absolute atomic E-state index is 4.75. The van der Waals surface area contributed by atoms with Crippen molar-refractivity contribution in [3.05, 3.63) is 38.9 Å². The first-order valence-electron chi connectivity index (χ1n) is 7.07. The molecule has 0 radical (unpaired) electrons. The second kappa shape index (κ2) is 6.22. The van der Waals surface area contributed by atoms with E-state index in [9.17, 15) is 0 Å². The van der Waals surface area contributed by atoms with Crippen molar-refractivity contribution in [3.63, 3.8) is 0 Å². The first-order valence-corrected chi connectivity index (χ1v) is 8.81. The molecule has 106 valence electrons. The summed E-state index contributed by atoms with van der Waals surface area (Å²) in [7, 11) is 0. The van der Waals surface area contributed by atoms with Crippen molar-refractivity contribution < 1.29 is 0 Å². The zero-order valence-electron chi connectivity index (χ0n) is 11.6. The Kier molecular flexibility index (Phi) is 4.36. The molecule has 0 bridgehead atoms. The summed E-state index contributed by atoms with van der Waals surface area (Å²) in [6, 6.07) is 4.89. The van der Waals surface area contributed by atoms with Crippen LogP contribution in [0.15, 0.2) is 27.5 Å². The molecule has 1 fully saturated rings. The second-order valence-corrected chi connectivity index (χ2v) is 6.80. The van der Waals surface area contributed by atoms with Gasteiger partial charge in [-0.25, -0.2) is 9.97 Å². The quantitative estimate of drug-likeness (QED) is 0.721. The van der Waals surface area contributed by atoms with Crippen LogP contribution in [0.3, 0.4) is 0 Å². The molecular weight excluding hydrogens is 334 g/mol. The Balaban J connectivity index is 1.86. The smallest absolute Gasteiger partial charge is 0.133 e. The Morgan fingerprint density at radius 2 is 2.25 bits per heavy atom. The van der Waals surface area contributed by atoms with Gasteiger partial charge in [0.1, 0.15) is 16.2 Å². The summed E-state index contributed by atoms with van der Waals surface area (Å²) in [5.41, 5.74) is 1.37. The molecule has 20 heavy (non-hydrogen) atoms. The van der Waals surface area contributed by atoms with E-state index in [2.05, 4.69) is 49.6 Å². The highest BCUT2D eigenvalue weighted by molar-refractivity contribution is 9.10. The van der Waals surface area contributed by atoms with Crippen molar-refractivity contribution in [2.24, 2.45) is 0 Å². The van der Waals surface area contributed by atoms with E-state index in [0.717, 1.165) is 35.6 Å². The first kappa shape index (κ1) is 14.0. The predicted molar refractivity (Wildman–Crippen MR) is 87.3 cm³/mol. The highest BCUT2D eigenvalue weighted by Gasteiger charge is 2.30. The Morgan fingerprint density at radius 3 is 2.90 bits per heavy atom. The third kappa shape index (κ3) is 3.38. The predicted octanol–water partition coefficient (Wildman–Crippen LogP) is 4.42. The summed E-state index contributed by atoms with van der Waals surface area (Å²) >= 11 is 5.28. The lowest BCUT2D eigenvalue weighted by Gasteiger charge is -2.23. The minimum Gasteiger partial charge on any atom is -0.349 e. The first-order chi connectivity index (χ1) is 9.76. The number of rotatable bonds is 6. The highest BCUT2D eigenvalue weighted by Crippen LogP contribution is 2.33. The fourth-order valence-corrected chi connectivity index (χ4v) is 3.37. The maximum atomic E-state index is 4.75. The minimum absolute atomic E-state index is 0.645. The maximum Gasteiger partial charge on any atom is 0.133 e. The zero-order chi connectivity index (χ0) is 13.9. The molecule has 2 aromatic heterocycles. The normalized spacial score (nSPS) is 14.5. The van der Waals surface area contributed by atoms with Crippen LogP contribution in [0.2, 0.25) is 0 Å². The Hall–Kier alpha value is -0.940. The van der Waals surface area contributed by atoms with Gasteiger partial charge in [0.15, 0.2) is 0 Å². The molecule has 0 saturated heterocycles. The molecule has 0 N–H and O–H groups in total. The molecule has 1 aliphatic rings. The molecule has 1 saturated carbocycles. The summed E-state index contributed by atoms with van der Waals surface area (Å²) in [6.07, 6.45) is 4.55. The molecule has 3 nitrogen and oxygen atoms in total. The van der Waals surface area contributed by atoms with Crippen molar-refractivity contribution in [1.82, 2.24) is 9.97 Å². The number of aromatic nitrogens is 2. The van der Waals surface area contributed by atoms with Crippen molar-refractivity contribution in [2.45, 2.75) is 45.2 Å². The van der Waals surface area contributed by atoms with Crippen LogP contribution in [0.25, 0.3) is 0 Å². The fraction of sp³-hybridized carbons (Fsp3) is 0.467. The standard InChI is InChI=1S/C15H18BrN3S/c1-2-3-14-17-13(16)8-15(18-14)19(12-4-5-12)9-11-6-7-20-10-11/h6-8,10,12H,2-5,9H2,1H3. The van der Waals surface area contributed by atoms with Crippen LogP contribution < -0.4 is 4.90 Å². The van der Waals surface area contributed by atoms with Crippen LogP contribution in [0.1, 0.15) is 37.6 Å². The van der Waals surface area contributed by atoms with E-state index in [1.54, 1.807) is 11.3 Å². The lowest BCUT2D eigenvalue weighted by Crippen LogP contribution is -2.26. The lowest BCUT2D eigenvalue weighted by atomic mass is 10.3. The fourth-order valence-electron chi connectivity index (χ4n) is 2.30. The average Bonchev–Trinajstić information content (AvgIpc) is 3.12. The molecule has 0 aliphatic heterocycles. The number of halogens is 1. The zero-order valence-corrected chi connectivity index (χ0v) is 14.0. The Morgan fingerprint density at radius 1 is 1.40 bits per heavy atom.